The van der Waals surface area contributed by atoms with E-state index in [2.05, 4.69) is 41.3 Å². The van der Waals surface area contributed by atoms with Crippen molar-refractivity contribution >= 4 is 29.9 Å². The summed E-state index contributed by atoms with van der Waals surface area (Å²) >= 11 is 0. The van der Waals surface area contributed by atoms with Gasteiger partial charge in [0.15, 0.2) is 5.96 Å². The van der Waals surface area contributed by atoms with Crippen LogP contribution in [-0.2, 0) is 9.47 Å². The van der Waals surface area contributed by atoms with Gasteiger partial charge in [-0.3, -0.25) is 9.89 Å². The largest absolute Gasteiger partial charge is 0.379 e. The highest BCUT2D eigenvalue weighted by Gasteiger charge is 2.20. The summed E-state index contributed by atoms with van der Waals surface area (Å²) in [7, 11) is 1.81. The van der Waals surface area contributed by atoms with Gasteiger partial charge in [0, 0.05) is 32.8 Å². The number of piperidine rings is 1. The van der Waals surface area contributed by atoms with Crippen molar-refractivity contribution in [2.75, 3.05) is 59.7 Å². The van der Waals surface area contributed by atoms with Gasteiger partial charge in [0.05, 0.1) is 19.8 Å². The number of rotatable bonds is 12. The fourth-order valence-electron chi connectivity index (χ4n) is 2.87. The molecule has 0 bridgehead atoms. The lowest BCUT2D eigenvalue weighted by atomic mass is 9.98. The molecule has 1 rings (SSSR count). The van der Waals surface area contributed by atoms with E-state index in [0.29, 0.717) is 25.9 Å². The van der Waals surface area contributed by atoms with Crippen LogP contribution >= 0.6 is 24.0 Å². The summed E-state index contributed by atoms with van der Waals surface area (Å²) in [5, 5.41) is 6.72. The fraction of sp³-hybridized carbons (Fsp3) is 0.947. The van der Waals surface area contributed by atoms with E-state index in [1.165, 1.54) is 32.4 Å². The number of guanidine groups is 1. The summed E-state index contributed by atoms with van der Waals surface area (Å²) in [5.41, 5.74) is 0. The summed E-state index contributed by atoms with van der Waals surface area (Å²) in [5.74, 6) is 1.72. The zero-order chi connectivity index (χ0) is 18.3. The average molecular weight is 484 g/mol. The lowest BCUT2D eigenvalue weighted by Gasteiger charge is -2.35. The van der Waals surface area contributed by atoms with Gasteiger partial charge in [-0.05, 0) is 45.2 Å². The Morgan fingerprint density at radius 1 is 1.12 bits per heavy atom. The summed E-state index contributed by atoms with van der Waals surface area (Å²) in [6.07, 6.45) is 4.93. The summed E-state index contributed by atoms with van der Waals surface area (Å²) in [4.78, 5) is 6.85. The van der Waals surface area contributed by atoms with Crippen molar-refractivity contribution in [1.29, 1.82) is 0 Å². The van der Waals surface area contributed by atoms with E-state index in [1.54, 1.807) is 0 Å². The number of hydrogen-bond acceptors (Lipinski definition) is 4. The summed E-state index contributed by atoms with van der Waals surface area (Å²) in [6.45, 7) is 13.7. The average Bonchev–Trinajstić information content (AvgIpc) is 2.63. The SMILES string of the molecule is CCCCOCCOCCNC(=NC)NCC(C)N1CCC(C)CC1.I. The molecule has 0 aliphatic carbocycles. The predicted molar refractivity (Wildman–Crippen MR) is 121 cm³/mol. The Balaban J connectivity index is 0.00000625. The maximum Gasteiger partial charge on any atom is 0.191 e. The standard InChI is InChI=1S/C19H40N4O2.HI/c1-5-6-12-24-14-15-25-13-9-21-19(20-4)22-16-18(3)23-10-7-17(2)8-11-23;/h17-18H,5-16H2,1-4H3,(H2,20,21,22);1H. The van der Waals surface area contributed by atoms with E-state index in [9.17, 15) is 0 Å². The van der Waals surface area contributed by atoms with Crippen molar-refractivity contribution in [2.24, 2.45) is 10.9 Å². The molecule has 156 valence electrons. The molecule has 0 amide bonds. The quantitative estimate of drug-likeness (QED) is 0.193. The maximum absolute atomic E-state index is 5.56. The van der Waals surface area contributed by atoms with Crippen molar-refractivity contribution in [1.82, 2.24) is 15.5 Å². The van der Waals surface area contributed by atoms with Crippen molar-refractivity contribution < 1.29 is 9.47 Å². The Bertz CT molecular complexity index is 350. The first kappa shape index (κ1) is 25.9. The highest BCUT2D eigenvalue weighted by molar-refractivity contribution is 14.0. The zero-order valence-corrected chi connectivity index (χ0v) is 19.6. The van der Waals surface area contributed by atoms with Crippen molar-refractivity contribution in [3.63, 3.8) is 0 Å². The summed E-state index contributed by atoms with van der Waals surface area (Å²) < 4.78 is 11.0. The Morgan fingerprint density at radius 3 is 2.38 bits per heavy atom. The molecular weight excluding hydrogens is 443 g/mol. The van der Waals surface area contributed by atoms with Gasteiger partial charge in [-0.15, -0.1) is 24.0 Å². The van der Waals surface area contributed by atoms with E-state index in [-0.39, 0.29) is 24.0 Å². The minimum Gasteiger partial charge on any atom is -0.379 e. The van der Waals surface area contributed by atoms with Crippen LogP contribution in [0.4, 0.5) is 0 Å². The van der Waals surface area contributed by atoms with Gasteiger partial charge in [-0.1, -0.05) is 20.3 Å². The number of nitrogens with one attached hydrogen (secondary N) is 2. The smallest absolute Gasteiger partial charge is 0.191 e. The van der Waals surface area contributed by atoms with Gasteiger partial charge in [-0.25, -0.2) is 0 Å². The van der Waals surface area contributed by atoms with Crippen LogP contribution in [0.15, 0.2) is 4.99 Å². The molecule has 1 fully saturated rings. The van der Waals surface area contributed by atoms with Crippen LogP contribution in [-0.4, -0.2) is 76.6 Å². The Morgan fingerprint density at radius 2 is 1.77 bits per heavy atom. The van der Waals surface area contributed by atoms with E-state index in [0.717, 1.165) is 38.0 Å². The Labute approximate surface area is 177 Å². The van der Waals surface area contributed by atoms with Gasteiger partial charge in [-0.2, -0.15) is 0 Å². The minimum absolute atomic E-state index is 0. The second-order valence-corrected chi connectivity index (χ2v) is 7.03. The van der Waals surface area contributed by atoms with Crippen LogP contribution in [0.3, 0.4) is 0 Å². The molecule has 1 atom stereocenters. The molecule has 0 aromatic carbocycles. The highest BCUT2D eigenvalue weighted by atomic mass is 127. The van der Waals surface area contributed by atoms with E-state index in [1.807, 2.05) is 7.05 Å². The van der Waals surface area contributed by atoms with Crippen LogP contribution in [0.2, 0.25) is 0 Å². The molecule has 1 unspecified atom stereocenters. The molecular formula is C19H41IN4O2. The number of halogens is 1. The predicted octanol–water partition coefficient (Wildman–Crippen LogP) is 2.72. The van der Waals surface area contributed by atoms with Crippen molar-refractivity contribution in [3.05, 3.63) is 0 Å². The second-order valence-electron chi connectivity index (χ2n) is 7.03. The third-order valence-electron chi connectivity index (χ3n) is 4.78. The first-order valence-corrected chi connectivity index (χ1v) is 10.0. The zero-order valence-electron chi connectivity index (χ0n) is 17.3. The molecule has 0 spiro atoms. The molecule has 0 aromatic rings. The topological polar surface area (TPSA) is 58.1 Å². The molecule has 2 N–H and O–H groups in total. The Hall–Kier alpha value is -0.120. The van der Waals surface area contributed by atoms with Gasteiger partial charge < -0.3 is 20.1 Å². The van der Waals surface area contributed by atoms with E-state index < -0.39 is 0 Å². The van der Waals surface area contributed by atoms with Gasteiger partial charge in [0.25, 0.3) is 0 Å². The van der Waals surface area contributed by atoms with Crippen LogP contribution < -0.4 is 10.6 Å². The molecule has 0 saturated carbocycles. The molecule has 6 nitrogen and oxygen atoms in total. The number of likely N-dealkylation sites (tertiary alicyclic amines) is 1. The number of aliphatic imine (C=N–C) groups is 1. The number of nitrogens with zero attached hydrogens (tertiary/aromatic N) is 2. The molecule has 1 aliphatic heterocycles. The molecule has 1 heterocycles. The van der Waals surface area contributed by atoms with Gasteiger partial charge in [0.2, 0.25) is 0 Å². The van der Waals surface area contributed by atoms with E-state index in [4.69, 9.17) is 9.47 Å². The molecule has 26 heavy (non-hydrogen) atoms. The van der Waals surface area contributed by atoms with Gasteiger partial charge in [0.1, 0.15) is 0 Å². The lowest BCUT2D eigenvalue weighted by Crippen LogP contribution is -2.48. The molecule has 1 saturated heterocycles. The second kappa shape index (κ2) is 17.0. The number of hydrogen-bond donors (Lipinski definition) is 2. The van der Waals surface area contributed by atoms with Crippen molar-refractivity contribution in [2.45, 2.75) is 52.5 Å². The highest BCUT2D eigenvalue weighted by Crippen LogP contribution is 2.17. The lowest BCUT2D eigenvalue weighted by molar-refractivity contribution is 0.0487. The number of ether oxygens (including phenoxy) is 2. The molecule has 1 aliphatic rings. The minimum atomic E-state index is 0. The van der Waals surface area contributed by atoms with E-state index >= 15 is 0 Å². The van der Waals surface area contributed by atoms with Crippen LogP contribution in [0.5, 0.6) is 0 Å². The molecule has 0 radical (unpaired) electrons. The van der Waals surface area contributed by atoms with Gasteiger partial charge >= 0.3 is 0 Å². The normalized spacial score (nSPS) is 17.6. The Kier molecular flexibility index (Phi) is 16.9. The number of unbranched alkanes of at least 4 members (excludes halogenated alkanes) is 1. The third kappa shape index (κ3) is 12.3. The van der Waals surface area contributed by atoms with Crippen LogP contribution in [0.25, 0.3) is 0 Å². The first-order valence-electron chi connectivity index (χ1n) is 10.0. The first-order chi connectivity index (χ1) is 12.2. The molecule has 7 heteroatoms. The molecule has 0 aromatic heterocycles. The monoisotopic (exact) mass is 484 g/mol. The van der Waals surface area contributed by atoms with Crippen LogP contribution in [0, 0.1) is 5.92 Å². The summed E-state index contributed by atoms with van der Waals surface area (Å²) in [6, 6.07) is 0.530. The maximum atomic E-state index is 5.56. The van der Waals surface area contributed by atoms with Crippen molar-refractivity contribution in [3.8, 4) is 0 Å². The third-order valence-corrected chi connectivity index (χ3v) is 4.78. The van der Waals surface area contributed by atoms with Crippen LogP contribution in [0.1, 0.15) is 46.5 Å². The fourth-order valence-corrected chi connectivity index (χ4v) is 2.87.